The van der Waals surface area contributed by atoms with Crippen LogP contribution in [0.2, 0.25) is 0 Å². The van der Waals surface area contributed by atoms with Gasteiger partial charge in [-0.3, -0.25) is 9.11 Å². The normalized spacial score (nSPS) is 11.1. The van der Waals surface area contributed by atoms with Crippen molar-refractivity contribution in [1.82, 2.24) is 0 Å². The summed E-state index contributed by atoms with van der Waals surface area (Å²) < 4.78 is 31.6. The molecule has 0 fully saturated rings. The molecule has 0 aromatic rings. The molecule has 0 saturated heterocycles. The lowest BCUT2D eigenvalue weighted by Crippen LogP contribution is -1.89. The quantitative estimate of drug-likeness (QED) is 0.0504. The number of aliphatic hydroxyl groups is 2. The Balaban J connectivity index is -0.000000586. The molecule has 6 nitrogen and oxygen atoms in total. The molecule has 0 aliphatic rings. The van der Waals surface area contributed by atoms with Gasteiger partial charge in [-0.05, 0) is 12.8 Å². The van der Waals surface area contributed by atoms with Crippen LogP contribution in [0.1, 0.15) is 200 Å². The van der Waals surface area contributed by atoms with E-state index in [-0.39, 0.29) is 0 Å². The Hall–Kier alpha value is -0.210. The summed E-state index contributed by atoms with van der Waals surface area (Å²) in [5, 5.41) is 17.3. The van der Waals surface area contributed by atoms with Gasteiger partial charge in [0.05, 0.1) is 0 Å². The highest BCUT2D eigenvalue weighted by Crippen LogP contribution is 2.14. The topological polar surface area (TPSA) is 115 Å². The smallest absolute Gasteiger partial charge is 0.394 e. The van der Waals surface area contributed by atoms with Gasteiger partial charge in [-0.25, -0.2) is 0 Å². The number of hydrogen-bond donors (Lipinski definition) is 4. The van der Waals surface area contributed by atoms with E-state index in [4.69, 9.17) is 27.7 Å². The maximum absolute atomic E-state index is 8.74. The fraction of sp³-hybridized carbons (Fsp3) is 1.00. The van der Waals surface area contributed by atoms with Crippen LogP contribution in [0, 0.1) is 0 Å². The Bertz CT molecular complexity index is 475. The summed E-state index contributed by atoms with van der Waals surface area (Å²) in [7, 11) is -4.67. The zero-order chi connectivity index (χ0) is 30.4. The van der Waals surface area contributed by atoms with E-state index in [0.29, 0.717) is 13.2 Å². The summed E-state index contributed by atoms with van der Waals surface area (Å²) in [6.07, 6.45) is 39.9. The molecule has 0 rings (SSSR count). The summed E-state index contributed by atoms with van der Waals surface area (Å²) in [6.45, 7) is 5.31. The van der Waals surface area contributed by atoms with Gasteiger partial charge in [0.2, 0.25) is 0 Å². The van der Waals surface area contributed by atoms with Crippen molar-refractivity contribution in [3.05, 3.63) is 0 Å². The zero-order valence-corrected chi connectivity index (χ0v) is 27.8. The molecule has 4 N–H and O–H groups in total. The van der Waals surface area contributed by atoms with Gasteiger partial charge in [0.15, 0.2) is 0 Å². The predicted octanol–water partition coefficient (Wildman–Crippen LogP) is 10.7. The zero-order valence-electron chi connectivity index (χ0n) is 26.9. The molecule has 0 bridgehead atoms. The molecule has 0 aromatic heterocycles. The molecule has 246 valence electrons. The lowest BCUT2D eigenvalue weighted by Gasteiger charge is -2.02. The summed E-state index contributed by atoms with van der Waals surface area (Å²) in [5.74, 6) is 0. The number of unbranched alkanes of at least 4 members (excludes halogenated alkanes) is 27. The highest BCUT2D eigenvalue weighted by molar-refractivity contribution is 7.79. The van der Waals surface area contributed by atoms with Crippen LogP contribution >= 0.6 is 0 Å². The van der Waals surface area contributed by atoms with Crippen LogP contribution in [0.15, 0.2) is 0 Å². The van der Waals surface area contributed by atoms with Crippen LogP contribution < -0.4 is 0 Å². The molecule has 0 spiro atoms. The van der Waals surface area contributed by atoms with Crippen LogP contribution in [0.3, 0.4) is 0 Å². The van der Waals surface area contributed by atoms with Crippen molar-refractivity contribution in [2.45, 2.75) is 200 Å². The highest BCUT2D eigenvalue weighted by atomic mass is 32.3. The van der Waals surface area contributed by atoms with Crippen LogP contribution in [-0.2, 0) is 10.4 Å². The van der Waals surface area contributed by atoms with Crippen molar-refractivity contribution in [3.63, 3.8) is 0 Å². The third kappa shape index (κ3) is 61.7. The monoisotopic (exact) mass is 597 g/mol. The molecule has 40 heavy (non-hydrogen) atoms. The van der Waals surface area contributed by atoms with E-state index < -0.39 is 10.4 Å². The van der Waals surface area contributed by atoms with Crippen LogP contribution in [0.4, 0.5) is 0 Å². The first-order valence-electron chi connectivity index (χ1n) is 17.2. The summed E-state index contributed by atoms with van der Waals surface area (Å²) in [5.41, 5.74) is 0. The molecule has 0 unspecified atom stereocenters. The minimum Gasteiger partial charge on any atom is -0.396 e. The van der Waals surface area contributed by atoms with Crippen molar-refractivity contribution in [2.24, 2.45) is 0 Å². The van der Waals surface area contributed by atoms with E-state index >= 15 is 0 Å². The first kappa shape index (κ1) is 44.2. The second-order valence-corrected chi connectivity index (χ2v) is 12.3. The standard InChI is InChI=1S/C17H36O.C16H34O.H2O4S/c1-2-3-4-5-6-7-8-9-10-11-12-13-14-15-16-17-18;1-2-3-4-5-6-7-8-9-10-11-12-13-14-15-16-17;1-5(2,3)4/h18H,2-17H2,1H3;17H,2-16H2,1H3;(H2,1,2,3,4). The molecular weight excluding hydrogens is 524 g/mol. The second kappa shape index (κ2) is 40.9. The summed E-state index contributed by atoms with van der Waals surface area (Å²) >= 11 is 0. The van der Waals surface area contributed by atoms with E-state index in [0.717, 1.165) is 12.8 Å². The van der Waals surface area contributed by atoms with Gasteiger partial charge >= 0.3 is 10.4 Å². The predicted molar refractivity (Wildman–Crippen MR) is 174 cm³/mol. The third-order valence-corrected chi connectivity index (χ3v) is 7.27. The van der Waals surface area contributed by atoms with Gasteiger partial charge in [-0.1, -0.05) is 187 Å². The van der Waals surface area contributed by atoms with Gasteiger partial charge in [0.25, 0.3) is 0 Å². The van der Waals surface area contributed by atoms with E-state index in [2.05, 4.69) is 13.8 Å². The molecule has 0 heterocycles. The maximum Gasteiger partial charge on any atom is 0.394 e. The molecule has 0 radical (unpaired) electrons. The fourth-order valence-electron chi connectivity index (χ4n) is 4.79. The first-order chi connectivity index (χ1) is 19.3. The molecule has 0 aromatic carbocycles. The average molecular weight is 597 g/mol. The fourth-order valence-corrected chi connectivity index (χ4v) is 4.79. The van der Waals surface area contributed by atoms with Crippen LogP contribution in [-0.4, -0.2) is 41.0 Å². The molecule has 0 atom stereocenters. The van der Waals surface area contributed by atoms with Crippen molar-refractivity contribution < 1.29 is 27.7 Å². The SMILES string of the molecule is CCCCCCCCCCCCCCCCCO.CCCCCCCCCCCCCCCCO.O=S(=O)(O)O. The van der Waals surface area contributed by atoms with Crippen LogP contribution in [0.25, 0.3) is 0 Å². The second-order valence-electron chi connectivity index (χ2n) is 11.4. The minimum atomic E-state index is -4.67. The first-order valence-corrected chi connectivity index (χ1v) is 18.6. The van der Waals surface area contributed by atoms with E-state index in [9.17, 15) is 0 Å². The van der Waals surface area contributed by atoms with Crippen molar-refractivity contribution in [3.8, 4) is 0 Å². The largest absolute Gasteiger partial charge is 0.396 e. The molecule has 0 aliphatic heterocycles. The lowest BCUT2D eigenvalue weighted by molar-refractivity contribution is 0.282. The molecule has 0 aliphatic carbocycles. The van der Waals surface area contributed by atoms with Crippen molar-refractivity contribution in [2.75, 3.05) is 13.2 Å². The van der Waals surface area contributed by atoms with Crippen molar-refractivity contribution in [1.29, 1.82) is 0 Å². The van der Waals surface area contributed by atoms with Gasteiger partial charge < -0.3 is 10.2 Å². The van der Waals surface area contributed by atoms with Gasteiger partial charge in [-0.15, -0.1) is 0 Å². The number of rotatable bonds is 29. The van der Waals surface area contributed by atoms with E-state index in [1.165, 1.54) is 173 Å². The minimum absolute atomic E-state index is 0.373. The third-order valence-electron chi connectivity index (χ3n) is 7.27. The van der Waals surface area contributed by atoms with Gasteiger partial charge in [-0.2, -0.15) is 8.42 Å². The van der Waals surface area contributed by atoms with Crippen molar-refractivity contribution >= 4 is 10.4 Å². The summed E-state index contributed by atoms with van der Waals surface area (Å²) in [6, 6.07) is 0. The van der Waals surface area contributed by atoms with Gasteiger partial charge in [0.1, 0.15) is 0 Å². The molecule has 0 amide bonds. The molecule has 7 heteroatoms. The lowest BCUT2D eigenvalue weighted by atomic mass is 10.0. The highest BCUT2D eigenvalue weighted by Gasteiger charge is 1.95. The Morgan fingerprint density at radius 1 is 0.325 bits per heavy atom. The Morgan fingerprint density at radius 3 is 0.575 bits per heavy atom. The number of aliphatic hydroxyl groups excluding tert-OH is 2. The van der Waals surface area contributed by atoms with E-state index in [1.54, 1.807) is 0 Å². The Morgan fingerprint density at radius 2 is 0.450 bits per heavy atom. The summed E-state index contributed by atoms with van der Waals surface area (Å²) in [4.78, 5) is 0. The molecular formula is C33H72O6S. The Labute approximate surface area is 251 Å². The Kier molecular flexibility index (Phi) is 45.3. The number of hydrogen-bond acceptors (Lipinski definition) is 4. The molecule has 0 saturated carbocycles. The van der Waals surface area contributed by atoms with E-state index in [1.807, 2.05) is 0 Å². The maximum atomic E-state index is 8.74. The van der Waals surface area contributed by atoms with Gasteiger partial charge in [0, 0.05) is 13.2 Å². The van der Waals surface area contributed by atoms with Crippen LogP contribution in [0.5, 0.6) is 0 Å². The average Bonchev–Trinajstić information content (AvgIpc) is 2.91.